The van der Waals surface area contributed by atoms with Gasteiger partial charge in [0.15, 0.2) is 0 Å². The van der Waals surface area contributed by atoms with Gasteiger partial charge in [-0.3, -0.25) is 0 Å². The Bertz CT molecular complexity index is 614. The number of H-pyrrole nitrogens is 1. The second-order valence-electron chi connectivity index (χ2n) is 7.24. The van der Waals surface area contributed by atoms with E-state index in [0.29, 0.717) is 0 Å². The van der Waals surface area contributed by atoms with Crippen LogP contribution in [0.15, 0.2) is 24.8 Å². The largest absolute Gasteiger partial charge is 0.358 e. The van der Waals surface area contributed by atoms with E-state index in [1.54, 1.807) is 5.56 Å². The summed E-state index contributed by atoms with van der Waals surface area (Å²) >= 11 is 0. The number of aryl methyl sites for hydroxylation is 2. The third-order valence-corrected chi connectivity index (χ3v) is 4.09. The van der Waals surface area contributed by atoms with E-state index in [4.69, 9.17) is 0 Å². The summed E-state index contributed by atoms with van der Waals surface area (Å²) in [6.07, 6.45) is 10.2. The molecule has 1 N–H and O–H groups in total. The maximum absolute atomic E-state index is 4.02. The first-order valence-electron chi connectivity index (χ1n) is 10.8. The van der Waals surface area contributed by atoms with Crippen LogP contribution in [0.5, 0.6) is 0 Å². The van der Waals surface area contributed by atoms with Crippen molar-refractivity contribution in [3.8, 4) is 0 Å². The Morgan fingerprint density at radius 3 is 1.96 bits per heavy atom. The van der Waals surface area contributed by atoms with Crippen molar-refractivity contribution in [1.82, 2.24) is 4.98 Å². The van der Waals surface area contributed by atoms with E-state index in [2.05, 4.69) is 78.2 Å². The van der Waals surface area contributed by atoms with Gasteiger partial charge in [-0.25, -0.2) is 0 Å². The highest BCUT2D eigenvalue weighted by molar-refractivity contribution is 5.88. The number of benzene rings is 1. The number of allylic oxidation sites excluding steroid dienone is 1. The summed E-state index contributed by atoms with van der Waals surface area (Å²) < 4.78 is 0. The van der Waals surface area contributed by atoms with E-state index in [0.717, 1.165) is 5.57 Å². The van der Waals surface area contributed by atoms with E-state index in [-0.39, 0.29) is 0 Å². The highest BCUT2D eigenvalue weighted by Crippen LogP contribution is 2.30. The molecule has 148 valence electrons. The third-order valence-electron chi connectivity index (χ3n) is 4.09. The molecule has 1 aliphatic rings. The highest BCUT2D eigenvalue weighted by Gasteiger charge is 2.15. The summed E-state index contributed by atoms with van der Waals surface area (Å²) in [6.45, 7) is 18.9. The second-order valence-corrected chi connectivity index (χ2v) is 7.24. The monoisotopic (exact) mass is 357 g/mol. The molecule has 0 bridgehead atoms. The van der Waals surface area contributed by atoms with Gasteiger partial charge in [-0.05, 0) is 55.9 Å². The van der Waals surface area contributed by atoms with Gasteiger partial charge in [-0.15, -0.1) is 0 Å². The van der Waals surface area contributed by atoms with Crippen LogP contribution < -0.4 is 0 Å². The average molecular weight is 358 g/mol. The fourth-order valence-electron chi connectivity index (χ4n) is 2.67. The van der Waals surface area contributed by atoms with Crippen LogP contribution in [-0.4, -0.2) is 4.98 Å². The first kappa shape index (κ1) is 24.5. The van der Waals surface area contributed by atoms with Crippen LogP contribution in [0.1, 0.15) is 104 Å². The zero-order chi connectivity index (χ0) is 19.9. The molecule has 1 aliphatic carbocycles. The standard InChI is InChI=1S/C15H17N.C4H10.2C3H8/c1-10(2)11-7-8-15-13(9-11)12-5-3-4-6-14(12)16-15;1-3-4-2;2*1-3-2/h7-9,16H,1,3-6H2,2H3;3-4H2,1-2H3;2*3H2,1-2H3. The van der Waals surface area contributed by atoms with Crippen LogP contribution in [0.25, 0.3) is 16.5 Å². The fourth-order valence-corrected chi connectivity index (χ4v) is 2.67. The van der Waals surface area contributed by atoms with Crippen LogP contribution in [0.4, 0.5) is 0 Å². The number of hydrogen-bond acceptors (Lipinski definition) is 0. The first-order chi connectivity index (χ1) is 12.5. The van der Waals surface area contributed by atoms with Gasteiger partial charge in [0.2, 0.25) is 0 Å². The quantitative estimate of drug-likeness (QED) is 0.553. The number of fused-ring (bicyclic) bond motifs is 3. The molecule has 26 heavy (non-hydrogen) atoms. The van der Waals surface area contributed by atoms with Crippen molar-refractivity contribution < 1.29 is 0 Å². The van der Waals surface area contributed by atoms with E-state index >= 15 is 0 Å². The van der Waals surface area contributed by atoms with E-state index in [1.807, 2.05) is 0 Å². The molecule has 0 unspecified atom stereocenters. The zero-order valence-corrected chi connectivity index (χ0v) is 18.6. The molecular weight excluding hydrogens is 314 g/mol. The van der Waals surface area contributed by atoms with Crippen LogP contribution in [-0.2, 0) is 12.8 Å². The molecule has 1 nitrogen and oxygen atoms in total. The van der Waals surface area contributed by atoms with Gasteiger partial charge < -0.3 is 4.98 Å². The SMILES string of the molecule is C=C(C)c1ccc2[nH]c3c(c2c1)CCCC3.CCC.CCC.CCCC. The molecule has 0 atom stereocenters. The van der Waals surface area contributed by atoms with E-state index < -0.39 is 0 Å². The van der Waals surface area contributed by atoms with Crippen molar-refractivity contribution in [2.24, 2.45) is 0 Å². The lowest BCUT2D eigenvalue weighted by molar-refractivity contribution is 0.680. The molecule has 0 amide bonds. The minimum absolute atomic E-state index is 1.15. The van der Waals surface area contributed by atoms with Gasteiger partial charge in [0.1, 0.15) is 0 Å². The predicted molar refractivity (Wildman–Crippen MR) is 122 cm³/mol. The van der Waals surface area contributed by atoms with Crippen LogP contribution in [0.3, 0.4) is 0 Å². The lowest BCUT2D eigenvalue weighted by atomic mass is 9.94. The summed E-state index contributed by atoms with van der Waals surface area (Å²) in [5, 5.41) is 1.41. The Kier molecular flexibility index (Phi) is 13.8. The Morgan fingerprint density at radius 2 is 1.46 bits per heavy atom. The van der Waals surface area contributed by atoms with Crippen LogP contribution in [0, 0.1) is 0 Å². The lowest BCUT2D eigenvalue weighted by Gasteiger charge is -2.10. The number of aromatic nitrogens is 1. The molecule has 1 heterocycles. The van der Waals surface area contributed by atoms with Gasteiger partial charge in [0, 0.05) is 16.6 Å². The summed E-state index contributed by atoms with van der Waals surface area (Å²) in [4.78, 5) is 3.55. The smallest absolute Gasteiger partial charge is 0.0459 e. The Hall–Kier alpha value is -1.50. The normalized spacial score (nSPS) is 11.8. The maximum atomic E-state index is 4.02. The highest BCUT2D eigenvalue weighted by atomic mass is 14.7. The van der Waals surface area contributed by atoms with Crippen molar-refractivity contribution >= 4 is 16.5 Å². The lowest BCUT2D eigenvalue weighted by Crippen LogP contribution is -1.99. The molecule has 0 aliphatic heterocycles. The molecule has 0 radical (unpaired) electrons. The molecule has 0 saturated carbocycles. The summed E-state index contributed by atoms with van der Waals surface area (Å²) in [5.74, 6) is 0. The van der Waals surface area contributed by atoms with Gasteiger partial charge in [-0.1, -0.05) is 85.4 Å². The van der Waals surface area contributed by atoms with Crippen molar-refractivity contribution in [2.45, 2.75) is 99.8 Å². The van der Waals surface area contributed by atoms with Crippen molar-refractivity contribution in [3.05, 3.63) is 41.6 Å². The number of rotatable bonds is 2. The fraction of sp³-hybridized carbons (Fsp3) is 0.600. The van der Waals surface area contributed by atoms with Gasteiger partial charge in [0.05, 0.1) is 0 Å². The molecule has 0 spiro atoms. The Morgan fingerprint density at radius 1 is 0.923 bits per heavy atom. The average Bonchev–Trinajstić information content (AvgIpc) is 3.01. The zero-order valence-electron chi connectivity index (χ0n) is 18.6. The van der Waals surface area contributed by atoms with E-state index in [9.17, 15) is 0 Å². The van der Waals surface area contributed by atoms with E-state index in [1.165, 1.54) is 73.5 Å². The first-order valence-corrected chi connectivity index (χ1v) is 10.8. The van der Waals surface area contributed by atoms with Gasteiger partial charge in [-0.2, -0.15) is 0 Å². The molecule has 1 aromatic heterocycles. The number of hydrogen-bond donors (Lipinski definition) is 1. The minimum atomic E-state index is 1.15. The summed E-state index contributed by atoms with van der Waals surface area (Å²) in [6, 6.07) is 6.64. The second kappa shape index (κ2) is 14.6. The summed E-state index contributed by atoms with van der Waals surface area (Å²) in [7, 11) is 0. The molecular formula is C25H43N. The third kappa shape index (κ3) is 8.25. The maximum Gasteiger partial charge on any atom is 0.0459 e. The summed E-state index contributed by atoms with van der Waals surface area (Å²) in [5.41, 5.74) is 6.70. The molecule has 0 fully saturated rings. The molecule has 3 rings (SSSR count). The number of unbranched alkanes of at least 4 members (excludes halogenated alkanes) is 1. The number of nitrogens with one attached hydrogen (secondary N) is 1. The Balaban J connectivity index is 0.000000528. The van der Waals surface area contributed by atoms with Crippen molar-refractivity contribution in [1.29, 1.82) is 0 Å². The number of aromatic amines is 1. The Labute approximate surface area is 163 Å². The minimum Gasteiger partial charge on any atom is -0.358 e. The van der Waals surface area contributed by atoms with Crippen molar-refractivity contribution in [2.75, 3.05) is 0 Å². The molecule has 0 saturated heterocycles. The van der Waals surface area contributed by atoms with Gasteiger partial charge >= 0.3 is 0 Å². The van der Waals surface area contributed by atoms with Crippen LogP contribution in [0.2, 0.25) is 0 Å². The molecule has 1 heteroatoms. The molecule has 1 aromatic carbocycles. The van der Waals surface area contributed by atoms with Crippen LogP contribution >= 0.6 is 0 Å². The predicted octanol–water partition coefficient (Wildman–Crippen LogP) is 8.72. The van der Waals surface area contributed by atoms with Crippen molar-refractivity contribution in [3.63, 3.8) is 0 Å². The topological polar surface area (TPSA) is 15.8 Å². The van der Waals surface area contributed by atoms with Gasteiger partial charge in [0.25, 0.3) is 0 Å². The molecule has 2 aromatic rings.